The molecule has 4 aliphatic carbocycles. The van der Waals surface area contributed by atoms with E-state index >= 15 is 8.78 Å². The molecule has 0 heterocycles. The Kier molecular flexibility index (Phi) is 6.16. The predicted molar refractivity (Wildman–Crippen MR) is 121 cm³/mol. The quantitative estimate of drug-likeness (QED) is 0.452. The van der Waals surface area contributed by atoms with Crippen LogP contribution < -0.4 is 0 Å². The van der Waals surface area contributed by atoms with Crippen molar-refractivity contribution in [2.24, 2.45) is 28.6 Å². The molecule has 188 valence electrons. The van der Waals surface area contributed by atoms with E-state index in [0.717, 1.165) is 6.08 Å². The number of ketones is 1. The van der Waals surface area contributed by atoms with Crippen LogP contribution in [-0.4, -0.2) is 51.5 Å². The highest BCUT2D eigenvalue weighted by atomic mass is 32.2. The van der Waals surface area contributed by atoms with E-state index in [0.29, 0.717) is 11.8 Å². The normalized spacial score (nSPS) is 47.4. The summed E-state index contributed by atoms with van der Waals surface area (Å²) in [6.45, 7) is 6.45. The maximum absolute atomic E-state index is 17.2. The van der Waals surface area contributed by atoms with E-state index in [1.54, 1.807) is 20.8 Å². The molecule has 0 unspecified atom stereocenters. The van der Waals surface area contributed by atoms with Gasteiger partial charge >= 0.3 is 5.97 Å². The lowest BCUT2D eigenvalue weighted by Gasteiger charge is -2.63. The van der Waals surface area contributed by atoms with Gasteiger partial charge in [-0.2, -0.15) is 0 Å². The lowest BCUT2D eigenvalue weighted by molar-refractivity contribution is -0.228. The molecule has 3 fully saturated rings. The number of fused-ring (bicyclic) bond motifs is 5. The Hall–Kier alpha value is -1.61. The predicted octanol–water partition coefficient (Wildman–Crippen LogP) is 4.43. The van der Waals surface area contributed by atoms with Gasteiger partial charge in [0.1, 0.15) is 12.2 Å². The van der Waals surface area contributed by atoms with Crippen molar-refractivity contribution in [3.63, 3.8) is 0 Å². The standard InChI is InChI=1S/C25H31F3O5S/c1-5-20(31)33-25(21(32)34-12-26)13(2)8-15-16-10-18(27)17-9-14(29)6-7-22(17,3)24(16,28)19(30)11-23(15,25)4/h6-7,9,13,15-16,18-19,30H,5,8,10-12H2,1-4H3/t13-,15-,16-,18-,19-,22-,23-,24-,25+/m0/s1/i1+1,5+1,20+1. The molecule has 4 rings (SSSR count). The number of esters is 1. The van der Waals surface area contributed by atoms with Gasteiger partial charge in [-0.1, -0.05) is 26.8 Å². The zero-order chi connectivity index (χ0) is 25.3. The summed E-state index contributed by atoms with van der Waals surface area (Å²) in [5.74, 6) is -3.30. The Morgan fingerprint density at radius 3 is 2.56 bits per heavy atom. The van der Waals surface area contributed by atoms with E-state index < -0.39 is 75.0 Å². The summed E-state index contributed by atoms with van der Waals surface area (Å²) in [4.78, 5) is 37.8. The average molecular weight is 504 g/mol. The second-order valence-electron chi connectivity index (χ2n) is 10.6. The number of ether oxygens (including phenoxy) is 1. The molecular weight excluding hydrogens is 472 g/mol. The number of carbonyl (C=O) groups excluding carboxylic acids is 3. The molecule has 5 nitrogen and oxygen atoms in total. The molecule has 1 N–H and O–H groups in total. The van der Waals surface area contributed by atoms with E-state index in [9.17, 15) is 23.9 Å². The number of alkyl halides is 3. The Labute approximate surface area is 201 Å². The first-order valence-electron chi connectivity index (χ1n) is 11.7. The third kappa shape index (κ3) is 3.01. The minimum absolute atomic E-state index is 0.0141. The summed E-state index contributed by atoms with van der Waals surface area (Å²) in [5, 5.41) is 10.7. The Balaban J connectivity index is 1.87. The smallest absolute Gasteiger partial charge is 0.306 e. The third-order valence-corrected chi connectivity index (χ3v) is 9.90. The van der Waals surface area contributed by atoms with Crippen LogP contribution in [-0.2, 0) is 19.1 Å². The first-order valence-corrected chi connectivity index (χ1v) is 12.7. The third-order valence-electron chi connectivity index (χ3n) is 9.22. The SMILES string of the molecule is C[C@H]1C[C@H]2[C@@H]3C[C@H](F)C4=CC(=O)C=C[C@]4(C)[C@@]3(F)[C@@H](O)C[C@]2(C)[C@]1(O[13C](=O)[13CH2][13CH3])C(=O)SCF. The molecule has 3 saturated carbocycles. The van der Waals surface area contributed by atoms with Crippen LogP contribution in [0.15, 0.2) is 23.8 Å². The van der Waals surface area contributed by atoms with Crippen molar-refractivity contribution < 1.29 is 37.4 Å². The second-order valence-corrected chi connectivity index (χ2v) is 11.5. The van der Waals surface area contributed by atoms with Gasteiger partial charge in [0.25, 0.3) is 0 Å². The molecule has 9 atom stereocenters. The Morgan fingerprint density at radius 1 is 1.26 bits per heavy atom. The van der Waals surface area contributed by atoms with Crippen molar-refractivity contribution in [2.45, 2.75) is 76.9 Å². The number of hydrogen-bond acceptors (Lipinski definition) is 6. The fraction of sp³-hybridized carbons (Fsp3) is 0.720. The molecule has 4 aliphatic rings. The van der Waals surface area contributed by atoms with Gasteiger partial charge in [-0.25, -0.2) is 13.2 Å². The van der Waals surface area contributed by atoms with Crippen molar-refractivity contribution in [3.8, 4) is 0 Å². The van der Waals surface area contributed by atoms with Crippen LogP contribution in [0.1, 0.15) is 53.4 Å². The molecule has 0 bridgehead atoms. The minimum Gasteiger partial charge on any atom is -0.449 e. The highest BCUT2D eigenvalue weighted by Crippen LogP contribution is 2.72. The fourth-order valence-electron chi connectivity index (χ4n) is 7.63. The molecule has 0 saturated heterocycles. The van der Waals surface area contributed by atoms with Crippen LogP contribution in [0, 0.1) is 28.6 Å². The van der Waals surface area contributed by atoms with E-state index in [1.807, 2.05) is 0 Å². The van der Waals surface area contributed by atoms with Crippen LogP contribution in [0.25, 0.3) is 0 Å². The van der Waals surface area contributed by atoms with Gasteiger partial charge < -0.3 is 9.84 Å². The molecule has 0 aromatic rings. The fourth-order valence-corrected chi connectivity index (χ4v) is 8.42. The van der Waals surface area contributed by atoms with Crippen LogP contribution in [0.2, 0.25) is 0 Å². The topological polar surface area (TPSA) is 80.7 Å². The highest BCUT2D eigenvalue weighted by Gasteiger charge is 2.78. The van der Waals surface area contributed by atoms with Gasteiger partial charge in [0.05, 0.1) is 6.10 Å². The van der Waals surface area contributed by atoms with Crippen molar-refractivity contribution >= 4 is 28.6 Å². The molecular formula is C25H31F3O5S. The summed E-state index contributed by atoms with van der Waals surface area (Å²) in [6.07, 6.45) is 0.160. The second kappa shape index (κ2) is 8.22. The number of hydrogen-bond donors (Lipinski definition) is 1. The molecule has 0 spiro atoms. The van der Waals surface area contributed by atoms with Crippen LogP contribution in [0.3, 0.4) is 0 Å². The number of aliphatic hydroxyl groups excluding tert-OH is 1. The molecule has 0 radical (unpaired) electrons. The number of rotatable bonds is 4. The van der Waals surface area contributed by atoms with Crippen LogP contribution in [0.5, 0.6) is 0 Å². The Morgan fingerprint density at radius 2 is 1.94 bits per heavy atom. The monoisotopic (exact) mass is 503 g/mol. The van der Waals surface area contributed by atoms with Crippen LogP contribution in [0.4, 0.5) is 13.2 Å². The molecule has 0 aliphatic heterocycles. The van der Waals surface area contributed by atoms with Crippen molar-refractivity contribution in [2.75, 3.05) is 6.01 Å². The van der Waals surface area contributed by atoms with Gasteiger partial charge in [-0.3, -0.25) is 14.4 Å². The molecule has 34 heavy (non-hydrogen) atoms. The summed E-state index contributed by atoms with van der Waals surface area (Å²) >= 11 is 0.396. The van der Waals surface area contributed by atoms with Crippen molar-refractivity contribution in [1.29, 1.82) is 0 Å². The number of halogens is 3. The first kappa shape index (κ1) is 25.5. The highest BCUT2D eigenvalue weighted by molar-refractivity contribution is 8.13. The first-order chi connectivity index (χ1) is 15.8. The Bertz CT molecular complexity index is 984. The zero-order valence-corrected chi connectivity index (χ0v) is 20.6. The minimum atomic E-state index is -2.30. The van der Waals surface area contributed by atoms with Gasteiger partial charge in [0.15, 0.2) is 17.1 Å². The molecule has 0 aromatic heterocycles. The number of aliphatic hydroxyl groups is 1. The summed E-state index contributed by atoms with van der Waals surface area (Å²) in [6, 6.07) is -1.02. The van der Waals surface area contributed by atoms with E-state index in [4.69, 9.17) is 4.74 Å². The van der Waals surface area contributed by atoms with Gasteiger partial charge in [0.2, 0.25) is 5.12 Å². The van der Waals surface area contributed by atoms with Crippen molar-refractivity contribution in [3.05, 3.63) is 23.8 Å². The van der Waals surface area contributed by atoms with Gasteiger partial charge in [-0.15, -0.1) is 0 Å². The number of allylic oxidation sites excluding steroid dienone is 4. The molecule has 0 amide bonds. The maximum atomic E-state index is 17.2. The summed E-state index contributed by atoms with van der Waals surface area (Å²) in [7, 11) is 0. The molecule has 0 aromatic carbocycles. The van der Waals surface area contributed by atoms with Gasteiger partial charge in [0, 0.05) is 29.1 Å². The number of carbonyl (C=O) groups is 3. The molecule has 9 heteroatoms. The van der Waals surface area contributed by atoms with Crippen molar-refractivity contribution in [1.82, 2.24) is 0 Å². The lowest BCUT2D eigenvalue weighted by Crippen LogP contribution is -2.70. The maximum Gasteiger partial charge on any atom is 0.306 e. The number of thioether (sulfide) groups is 1. The van der Waals surface area contributed by atoms with E-state index in [2.05, 4.69) is 0 Å². The summed E-state index contributed by atoms with van der Waals surface area (Å²) < 4.78 is 51.8. The zero-order valence-electron chi connectivity index (χ0n) is 19.8. The lowest BCUT2D eigenvalue weighted by atomic mass is 9.44. The average Bonchev–Trinajstić information content (AvgIpc) is 2.99. The van der Waals surface area contributed by atoms with E-state index in [1.165, 1.54) is 19.1 Å². The van der Waals surface area contributed by atoms with Gasteiger partial charge in [-0.05, 0) is 61.6 Å². The van der Waals surface area contributed by atoms with Crippen LogP contribution >= 0.6 is 11.8 Å². The van der Waals surface area contributed by atoms with E-state index in [-0.39, 0.29) is 31.3 Å². The summed E-state index contributed by atoms with van der Waals surface area (Å²) in [5.41, 5.74) is -6.84. The largest absolute Gasteiger partial charge is 0.449 e.